The van der Waals surface area contributed by atoms with Crippen molar-refractivity contribution in [3.05, 3.63) is 12.2 Å². The van der Waals surface area contributed by atoms with Crippen LogP contribution in [-0.4, -0.2) is 12.7 Å². The van der Waals surface area contributed by atoms with Crippen LogP contribution in [0.15, 0.2) is 12.2 Å². The van der Waals surface area contributed by atoms with E-state index in [1.165, 1.54) is 12.8 Å². The van der Waals surface area contributed by atoms with Crippen molar-refractivity contribution in [1.29, 1.82) is 0 Å². The summed E-state index contributed by atoms with van der Waals surface area (Å²) >= 11 is 0. The van der Waals surface area contributed by atoms with Gasteiger partial charge in [0.05, 0.1) is 6.10 Å². The molecule has 0 spiro atoms. The lowest BCUT2D eigenvalue weighted by molar-refractivity contribution is 0.0774. The van der Waals surface area contributed by atoms with Crippen LogP contribution in [0, 0.1) is 17.8 Å². The molecule has 54 valence electrons. The Labute approximate surface area is 61.1 Å². The summed E-state index contributed by atoms with van der Waals surface area (Å²) in [7, 11) is 0. The number of fused-ring (bicyclic) bond motifs is 5. The lowest BCUT2D eigenvalue weighted by Crippen LogP contribution is -2.20. The highest BCUT2D eigenvalue weighted by atomic mass is 16.5. The topological polar surface area (TPSA) is 9.23 Å². The van der Waals surface area contributed by atoms with E-state index in [1.54, 1.807) is 0 Å². The van der Waals surface area contributed by atoms with E-state index < -0.39 is 0 Å². The normalized spacial score (nSPS) is 56.0. The zero-order chi connectivity index (χ0) is 6.55. The Hall–Kier alpha value is -0.300. The molecule has 1 heterocycles. The van der Waals surface area contributed by atoms with Gasteiger partial charge in [0.2, 0.25) is 0 Å². The summed E-state index contributed by atoms with van der Waals surface area (Å²) in [6, 6.07) is 0. The van der Waals surface area contributed by atoms with E-state index in [9.17, 15) is 0 Å². The van der Waals surface area contributed by atoms with Gasteiger partial charge in [-0.3, -0.25) is 0 Å². The van der Waals surface area contributed by atoms with Crippen molar-refractivity contribution in [3.8, 4) is 0 Å². The van der Waals surface area contributed by atoms with Crippen LogP contribution < -0.4 is 0 Å². The average molecular weight is 136 g/mol. The molecular weight excluding hydrogens is 124 g/mol. The molecule has 0 amide bonds. The molecule has 0 N–H and O–H groups in total. The highest BCUT2D eigenvalue weighted by Crippen LogP contribution is 2.49. The van der Waals surface area contributed by atoms with Crippen molar-refractivity contribution >= 4 is 0 Å². The van der Waals surface area contributed by atoms with Gasteiger partial charge in [-0.05, 0) is 24.7 Å². The van der Waals surface area contributed by atoms with Crippen LogP contribution in [-0.2, 0) is 4.74 Å². The smallest absolute Gasteiger partial charge is 0.0672 e. The van der Waals surface area contributed by atoms with E-state index in [0.29, 0.717) is 6.10 Å². The Kier molecular flexibility index (Phi) is 0.883. The lowest BCUT2D eigenvalue weighted by Gasteiger charge is -2.17. The molecule has 3 aliphatic rings. The van der Waals surface area contributed by atoms with Gasteiger partial charge in [-0.15, -0.1) is 0 Å². The first-order chi connectivity index (χ1) is 4.95. The molecule has 0 radical (unpaired) electrons. The van der Waals surface area contributed by atoms with Crippen molar-refractivity contribution < 1.29 is 4.74 Å². The third-order valence-corrected chi connectivity index (χ3v) is 3.31. The molecule has 10 heavy (non-hydrogen) atoms. The van der Waals surface area contributed by atoms with Gasteiger partial charge in [-0.2, -0.15) is 0 Å². The lowest BCUT2D eigenvalue weighted by atomic mass is 9.91. The fraction of sp³-hybridized carbons (Fsp3) is 0.778. The first-order valence-corrected chi connectivity index (χ1v) is 4.25. The minimum Gasteiger partial charge on any atom is -0.377 e. The molecule has 0 aromatic heterocycles. The van der Waals surface area contributed by atoms with E-state index in [2.05, 4.69) is 12.2 Å². The minimum absolute atomic E-state index is 0.620. The van der Waals surface area contributed by atoms with E-state index in [4.69, 9.17) is 4.74 Å². The molecule has 1 nitrogen and oxygen atoms in total. The molecular formula is C9H12O. The summed E-state index contributed by atoms with van der Waals surface area (Å²) in [6.07, 6.45) is 8.08. The summed E-state index contributed by atoms with van der Waals surface area (Å²) in [6.45, 7) is 1.02. The Balaban J connectivity index is 1.99. The van der Waals surface area contributed by atoms with Crippen molar-refractivity contribution in [2.75, 3.05) is 6.61 Å². The van der Waals surface area contributed by atoms with Crippen molar-refractivity contribution in [2.24, 2.45) is 17.8 Å². The molecule has 2 aliphatic carbocycles. The maximum absolute atomic E-state index is 5.66. The van der Waals surface area contributed by atoms with Crippen molar-refractivity contribution in [1.82, 2.24) is 0 Å². The molecule has 1 saturated heterocycles. The second kappa shape index (κ2) is 1.65. The van der Waals surface area contributed by atoms with Gasteiger partial charge in [0.25, 0.3) is 0 Å². The molecule has 2 bridgehead atoms. The van der Waals surface area contributed by atoms with Crippen molar-refractivity contribution in [3.63, 3.8) is 0 Å². The molecule has 0 aromatic carbocycles. The fourth-order valence-corrected chi connectivity index (χ4v) is 2.84. The summed E-state index contributed by atoms with van der Waals surface area (Å²) in [4.78, 5) is 0. The van der Waals surface area contributed by atoms with Crippen LogP contribution in [0.3, 0.4) is 0 Å². The predicted molar refractivity (Wildman–Crippen MR) is 38.6 cm³/mol. The zero-order valence-electron chi connectivity index (χ0n) is 5.99. The van der Waals surface area contributed by atoms with Crippen LogP contribution in [0.2, 0.25) is 0 Å². The van der Waals surface area contributed by atoms with Gasteiger partial charge >= 0.3 is 0 Å². The number of allylic oxidation sites excluding steroid dienone is 1. The fourth-order valence-electron chi connectivity index (χ4n) is 2.84. The van der Waals surface area contributed by atoms with Gasteiger partial charge in [0, 0.05) is 12.5 Å². The van der Waals surface area contributed by atoms with Gasteiger partial charge in [-0.1, -0.05) is 12.2 Å². The SMILES string of the molecule is C1=CC2CC1C1CCOC21. The number of ether oxygens (including phenoxy) is 1. The van der Waals surface area contributed by atoms with E-state index in [-0.39, 0.29) is 0 Å². The largest absolute Gasteiger partial charge is 0.377 e. The molecule has 1 heteroatoms. The molecule has 2 fully saturated rings. The summed E-state index contributed by atoms with van der Waals surface area (Å²) in [5, 5.41) is 0. The van der Waals surface area contributed by atoms with Crippen LogP contribution in [0.1, 0.15) is 12.8 Å². The monoisotopic (exact) mass is 136 g/mol. The van der Waals surface area contributed by atoms with Crippen molar-refractivity contribution in [2.45, 2.75) is 18.9 Å². The first kappa shape index (κ1) is 5.36. The molecule has 0 aromatic rings. The predicted octanol–water partition coefficient (Wildman–Crippen LogP) is 1.60. The first-order valence-electron chi connectivity index (χ1n) is 4.25. The van der Waals surface area contributed by atoms with E-state index in [1.807, 2.05) is 0 Å². The number of hydrogen-bond acceptors (Lipinski definition) is 1. The summed E-state index contributed by atoms with van der Waals surface area (Å²) < 4.78 is 5.66. The standard InChI is InChI=1S/C9H12O/c1-2-7-5-6(1)8-3-4-10-9(7)8/h1-2,6-9H,3-5H2. The Bertz CT molecular complexity index is 167. The van der Waals surface area contributed by atoms with Gasteiger partial charge in [0.15, 0.2) is 0 Å². The maximum atomic E-state index is 5.66. The third kappa shape index (κ3) is 0.485. The van der Waals surface area contributed by atoms with E-state index >= 15 is 0 Å². The van der Waals surface area contributed by atoms with Gasteiger partial charge < -0.3 is 4.74 Å². The van der Waals surface area contributed by atoms with Crippen LogP contribution >= 0.6 is 0 Å². The number of hydrogen-bond donors (Lipinski definition) is 0. The van der Waals surface area contributed by atoms with Crippen LogP contribution in [0.4, 0.5) is 0 Å². The number of rotatable bonds is 0. The zero-order valence-corrected chi connectivity index (χ0v) is 5.99. The third-order valence-electron chi connectivity index (χ3n) is 3.31. The Morgan fingerprint density at radius 2 is 2.10 bits per heavy atom. The highest BCUT2D eigenvalue weighted by Gasteiger charge is 2.47. The quantitative estimate of drug-likeness (QED) is 0.459. The Morgan fingerprint density at radius 3 is 3.00 bits per heavy atom. The van der Waals surface area contributed by atoms with Crippen LogP contribution in [0.25, 0.3) is 0 Å². The molecule has 4 atom stereocenters. The second-order valence-corrected chi connectivity index (χ2v) is 3.74. The molecule has 4 unspecified atom stereocenters. The molecule has 1 aliphatic heterocycles. The average Bonchev–Trinajstić information content (AvgIpc) is 2.60. The molecule has 3 rings (SSSR count). The maximum Gasteiger partial charge on any atom is 0.0672 e. The minimum atomic E-state index is 0.620. The van der Waals surface area contributed by atoms with Crippen LogP contribution in [0.5, 0.6) is 0 Å². The highest BCUT2D eigenvalue weighted by molar-refractivity contribution is 5.15. The van der Waals surface area contributed by atoms with E-state index in [0.717, 1.165) is 24.4 Å². The summed E-state index contributed by atoms with van der Waals surface area (Å²) in [5.74, 6) is 2.57. The molecule has 1 saturated carbocycles. The second-order valence-electron chi connectivity index (χ2n) is 3.74. The summed E-state index contributed by atoms with van der Waals surface area (Å²) in [5.41, 5.74) is 0. The van der Waals surface area contributed by atoms with Gasteiger partial charge in [0.1, 0.15) is 0 Å². The van der Waals surface area contributed by atoms with Gasteiger partial charge in [-0.25, -0.2) is 0 Å². The Morgan fingerprint density at radius 1 is 1.20 bits per heavy atom.